The van der Waals surface area contributed by atoms with Crippen LogP contribution in [0.1, 0.15) is 30.4 Å². The summed E-state index contributed by atoms with van der Waals surface area (Å²) in [7, 11) is 0. The van der Waals surface area contributed by atoms with Crippen LogP contribution in [0.4, 0.5) is 0 Å². The smallest absolute Gasteiger partial charge is 0.125 e. The maximum absolute atomic E-state index is 10.4. The van der Waals surface area contributed by atoms with Crippen LogP contribution in [0.15, 0.2) is 12.3 Å². The Labute approximate surface area is 126 Å². The van der Waals surface area contributed by atoms with Gasteiger partial charge in [0.05, 0.1) is 11.7 Å². The van der Waals surface area contributed by atoms with E-state index in [0.29, 0.717) is 12.5 Å². The van der Waals surface area contributed by atoms with E-state index in [-0.39, 0.29) is 6.04 Å². The zero-order valence-electron chi connectivity index (χ0n) is 12.6. The highest BCUT2D eigenvalue weighted by molar-refractivity contribution is 5.10. The number of β-amino-alcohol motifs (C(OH)–C–C–N with tert-alkyl or cyclic N) is 1. The maximum atomic E-state index is 10.4. The van der Waals surface area contributed by atoms with Crippen molar-refractivity contribution < 1.29 is 5.11 Å². The summed E-state index contributed by atoms with van der Waals surface area (Å²) >= 11 is 0. The molecule has 0 radical (unpaired) electrons. The van der Waals surface area contributed by atoms with E-state index in [1.807, 2.05) is 19.2 Å². The number of aromatic nitrogens is 2. The molecule has 0 aromatic carbocycles. The zero-order valence-corrected chi connectivity index (χ0v) is 12.6. The van der Waals surface area contributed by atoms with Crippen LogP contribution >= 0.6 is 0 Å². The third-order valence-corrected chi connectivity index (χ3v) is 4.54. The average molecular weight is 291 g/mol. The predicted molar refractivity (Wildman–Crippen MR) is 80.7 cm³/mol. The highest BCUT2D eigenvalue weighted by atomic mass is 16.3. The van der Waals surface area contributed by atoms with Gasteiger partial charge in [-0.25, -0.2) is 9.97 Å². The molecule has 1 aromatic heterocycles. The summed E-state index contributed by atoms with van der Waals surface area (Å²) in [5, 5.41) is 17.1. The molecule has 2 aliphatic rings. The van der Waals surface area contributed by atoms with Crippen molar-refractivity contribution in [1.82, 2.24) is 25.5 Å². The molecule has 2 fully saturated rings. The number of aryl methyl sites for hydroxylation is 1. The summed E-state index contributed by atoms with van der Waals surface area (Å²) in [6.07, 6.45) is 3.66. The van der Waals surface area contributed by atoms with Crippen LogP contribution < -0.4 is 10.6 Å². The summed E-state index contributed by atoms with van der Waals surface area (Å²) in [4.78, 5) is 11.1. The Bertz CT molecular complexity index is 463. The van der Waals surface area contributed by atoms with Gasteiger partial charge in [0.15, 0.2) is 0 Å². The van der Waals surface area contributed by atoms with Gasteiger partial charge in [-0.3, -0.25) is 4.90 Å². The van der Waals surface area contributed by atoms with Gasteiger partial charge in [-0.05, 0) is 44.8 Å². The summed E-state index contributed by atoms with van der Waals surface area (Å²) in [5.74, 6) is 1.34. The number of aliphatic hydroxyl groups excluding tert-OH is 1. The molecule has 116 valence electrons. The van der Waals surface area contributed by atoms with Crippen LogP contribution in [0.3, 0.4) is 0 Å². The van der Waals surface area contributed by atoms with Crippen molar-refractivity contribution >= 4 is 0 Å². The van der Waals surface area contributed by atoms with E-state index in [1.54, 1.807) is 0 Å². The van der Waals surface area contributed by atoms with Crippen molar-refractivity contribution in [3.05, 3.63) is 23.8 Å². The third kappa shape index (κ3) is 3.40. The molecule has 21 heavy (non-hydrogen) atoms. The molecule has 2 aliphatic heterocycles. The molecule has 2 atom stereocenters. The average Bonchev–Trinajstić information content (AvgIpc) is 2.51. The fourth-order valence-electron chi connectivity index (χ4n) is 3.51. The summed E-state index contributed by atoms with van der Waals surface area (Å²) < 4.78 is 0. The topological polar surface area (TPSA) is 73.3 Å². The lowest BCUT2D eigenvalue weighted by Gasteiger charge is -2.43. The lowest BCUT2D eigenvalue weighted by atomic mass is 9.86. The minimum absolute atomic E-state index is 0.186. The van der Waals surface area contributed by atoms with Crippen LogP contribution in [0.25, 0.3) is 0 Å². The van der Waals surface area contributed by atoms with E-state index >= 15 is 0 Å². The molecular weight excluding hydrogens is 266 g/mol. The van der Waals surface area contributed by atoms with Crippen LogP contribution in [0.2, 0.25) is 0 Å². The van der Waals surface area contributed by atoms with Crippen molar-refractivity contribution in [3.63, 3.8) is 0 Å². The van der Waals surface area contributed by atoms with E-state index in [2.05, 4.69) is 25.5 Å². The second kappa shape index (κ2) is 6.79. The SMILES string of the molecule is Cc1nccc(C(C2CCNCC2)N2CCNCC2O)n1. The number of piperidine rings is 1. The van der Waals surface area contributed by atoms with Gasteiger partial charge in [0.1, 0.15) is 12.1 Å². The highest BCUT2D eigenvalue weighted by Crippen LogP contribution is 2.34. The molecule has 0 bridgehead atoms. The highest BCUT2D eigenvalue weighted by Gasteiger charge is 2.35. The van der Waals surface area contributed by atoms with Gasteiger partial charge in [0.2, 0.25) is 0 Å². The van der Waals surface area contributed by atoms with E-state index in [0.717, 1.165) is 50.5 Å². The van der Waals surface area contributed by atoms with E-state index < -0.39 is 6.23 Å². The van der Waals surface area contributed by atoms with Gasteiger partial charge in [-0.1, -0.05) is 0 Å². The Morgan fingerprint density at radius 1 is 1.29 bits per heavy atom. The lowest BCUT2D eigenvalue weighted by molar-refractivity contribution is -0.0607. The van der Waals surface area contributed by atoms with Crippen LogP contribution in [-0.4, -0.2) is 58.9 Å². The monoisotopic (exact) mass is 291 g/mol. The fourth-order valence-corrected chi connectivity index (χ4v) is 3.51. The predicted octanol–water partition coefficient (Wildman–Crippen LogP) is 0.0493. The van der Waals surface area contributed by atoms with Gasteiger partial charge in [0, 0.05) is 25.8 Å². The van der Waals surface area contributed by atoms with Crippen molar-refractivity contribution in [2.24, 2.45) is 5.92 Å². The minimum atomic E-state index is -0.436. The van der Waals surface area contributed by atoms with Crippen molar-refractivity contribution in [1.29, 1.82) is 0 Å². The molecule has 6 heteroatoms. The first-order valence-electron chi connectivity index (χ1n) is 7.90. The van der Waals surface area contributed by atoms with Gasteiger partial charge in [0.25, 0.3) is 0 Å². The molecule has 3 rings (SSSR count). The second-order valence-corrected chi connectivity index (χ2v) is 5.98. The Balaban J connectivity index is 1.89. The van der Waals surface area contributed by atoms with Gasteiger partial charge >= 0.3 is 0 Å². The number of nitrogens with one attached hydrogen (secondary N) is 2. The molecule has 1 aromatic rings. The molecule has 3 heterocycles. The Morgan fingerprint density at radius 2 is 2.10 bits per heavy atom. The molecule has 0 amide bonds. The van der Waals surface area contributed by atoms with Crippen molar-refractivity contribution in [2.75, 3.05) is 32.7 Å². The molecule has 0 aliphatic carbocycles. The number of rotatable bonds is 3. The van der Waals surface area contributed by atoms with Crippen molar-refractivity contribution in [3.8, 4) is 0 Å². The van der Waals surface area contributed by atoms with Crippen LogP contribution in [-0.2, 0) is 0 Å². The second-order valence-electron chi connectivity index (χ2n) is 5.98. The van der Waals surface area contributed by atoms with Crippen LogP contribution in [0.5, 0.6) is 0 Å². The molecule has 6 nitrogen and oxygen atoms in total. The van der Waals surface area contributed by atoms with E-state index in [1.165, 1.54) is 0 Å². The Morgan fingerprint density at radius 3 is 2.81 bits per heavy atom. The quantitative estimate of drug-likeness (QED) is 0.731. The summed E-state index contributed by atoms with van der Waals surface area (Å²) in [6, 6.07) is 2.19. The Kier molecular flexibility index (Phi) is 4.80. The normalized spacial score (nSPS) is 26.7. The summed E-state index contributed by atoms with van der Waals surface area (Å²) in [5.41, 5.74) is 1.05. The van der Waals surface area contributed by atoms with Crippen LogP contribution in [0, 0.1) is 12.8 Å². The molecule has 2 unspecified atom stereocenters. The van der Waals surface area contributed by atoms with Crippen molar-refractivity contribution in [2.45, 2.75) is 32.0 Å². The summed E-state index contributed by atoms with van der Waals surface area (Å²) in [6.45, 7) is 6.44. The first-order chi connectivity index (χ1) is 10.3. The first-order valence-corrected chi connectivity index (χ1v) is 7.90. The standard InChI is InChI=1S/C15H25N5O/c1-11-18-7-4-13(19-11)15(12-2-5-16-6-3-12)20-9-8-17-10-14(20)21/h4,7,12,14-17,21H,2-3,5-6,8-10H2,1H3. The number of hydrogen-bond donors (Lipinski definition) is 3. The third-order valence-electron chi connectivity index (χ3n) is 4.54. The lowest BCUT2D eigenvalue weighted by Crippen LogP contribution is -2.54. The fraction of sp³-hybridized carbons (Fsp3) is 0.733. The minimum Gasteiger partial charge on any atom is -0.377 e. The van der Waals surface area contributed by atoms with Gasteiger partial charge < -0.3 is 15.7 Å². The molecule has 0 saturated carbocycles. The van der Waals surface area contributed by atoms with E-state index in [9.17, 15) is 5.11 Å². The number of hydrogen-bond acceptors (Lipinski definition) is 6. The zero-order chi connectivity index (χ0) is 14.7. The molecule has 2 saturated heterocycles. The molecular formula is C15H25N5O. The number of aliphatic hydroxyl groups is 1. The first kappa shape index (κ1) is 14.8. The largest absolute Gasteiger partial charge is 0.377 e. The van der Waals surface area contributed by atoms with Gasteiger partial charge in [-0.15, -0.1) is 0 Å². The van der Waals surface area contributed by atoms with Gasteiger partial charge in [-0.2, -0.15) is 0 Å². The number of nitrogens with zero attached hydrogens (tertiary/aromatic N) is 3. The van der Waals surface area contributed by atoms with E-state index in [4.69, 9.17) is 0 Å². The molecule has 0 spiro atoms. The molecule has 3 N–H and O–H groups in total. The maximum Gasteiger partial charge on any atom is 0.125 e. The Hall–Kier alpha value is -1.08. The number of piperazine rings is 1.